The van der Waals surface area contributed by atoms with Crippen LogP contribution in [0.25, 0.3) is 0 Å². The summed E-state index contributed by atoms with van der Waals surface area (Å²) >= 11 is 5.84. The number of halogens is 6. The largest absolute Gasteiger partial charge is 0.456 e. The molecule has 0 radical (unpaired) electrons. The van der Waals surface area contributed by atoms with E-state index >= 15 is 0 Å². The Kier molecular flexibility index (Phi) is 7.08. The van der Waals surface area contributed by atoms with E-state index in [4.69, 9.17) is 21.5 Å². The highest BCUT2D eigenvalue weighted by Crippen LogP contribution is 2.38. The van der Waals surface area contributed by atoms with Crippen LogP contribution in [0.5, 0.6) is 11.5 Å². The number of hydrogen-bond donors (Lipinski definition) is 3. The van der Waals surface area contributed by atoms with Crippen molar-refractivity contribution >= 4 is 29.1 Å². The highest BCUT2D eigenvalue weighted by Gasteiger charge is 2.37. The lowest BCUT2D eigenvalue weighted by Crippen LogP contribution is -2.21. The van der Waals surface area contributed by atoms with Gasteiger partial charge in [-0.05, 0) is 61.0 Å². The highest BCUT2D eigenvalue weighted by molar-refractivity contribution is 6.34. The SMILES string of the molecule is Cc1cc(F)ccc1Oc1ccc(C(F)(F)F)c(F)c1C(=O)Nc1ccc(Cl)c(C(=O)NO)c1. The number of amides is 2. The Hall–Kier alpha value is -3.70. The van der Waals surface area contributed by atoms with Gasteiger partial charge in [-0.15, -0.1) is 0 Å². The second-order valence-corrected chi connectivity index (χ2v) is 7.31. The molecule has 0 saturated carbocycles. The van der Waals surface area contributed by atoms with Gasteiger partial charge in [0.1, 0.15) is 22.9 Å². The maximum atomic E-state index is 14.9. The topological polar surface area (TPSA) is 87.7 Å². The minimum atomic E-state index is -5.11. The lowest BCUT2D eigenvalue weighted by Gasteiger charge is -2.17. The van der Waals surface area contributed by atoms with Gasteiger partial charge in [-0.25, -0.2) is 14.3 Å². The second kappa shape index (κ2) is 9.65. The van der Waals surface area contributed by atoms with Crippen molar-refractivity contribution in [1.29, 1.82) is 0 Å². The third kappa shape index (κ3) is 5.26. The fraction of sp³-hybridized carbons (Fsp3) is 0.0909. The van der Waals surface area contributed by atoms with Crippen molar-refractivity contribution < 1.29 is 41.5 Å². The number of carbonyl (C=O) groups excluding carboxylic acids is 2. The first kappa shape index (κ1) is 24.9. The summed E-state index contributed by atoms with van der Waals surface area (Å²) in [5, 5.41) is 10.8. The summed E-state index contributed by atoms with van der Waals surface area (Å²) in [5.41, 5.74) is -1.63. The molecule has 34 heavy (non-hydrogen) atoms. The molecule has 0 aliphatic rings. The molecule has 3 aromatic rings. The first-order chi connectivity index (χ1) is 15.9. The van der Waals surface area contributed by atoms with Crippen molar-refractivity contribution in [2.24, 2.45) is 0 Å². The fourth-order valence-corrected chi connectivity index (χ4v) is 3.15. The molecule has 3 rings (SSSR count). The molecule has 0 unspecified atom stereocenters. The molecule has 0 spiro atoms. The van der Waals surface area contributed by atoms with Crippen LogP contribution in [0.1, 0.15) is 31.8 Å². The van der Waals surface area contributed by atoms with Gasteiger partial charge in [-0.3, -0.25) is 14.8 Å². The van der Waals surface area contributed by atoms with Gasteiger partial charge in [0.05, 0.1) is 16.1 Å². The average molecular weight is 501 g/mol. The molecule has 0 heterocycles. The van der Waals surface area contributed by atoms with Crippen molar-refractivity contribution in [2.75, 3.05) is 5.32 Å². The van der Waals surface area contributed by atoms with Gasteiger partial charge in [0.25, 0.3) is 11.8 Å². The van der Waals surface area contributed by atoms with Crippen molar-refractivity contribution in [3.63, 3.8) is 0 Å². The van der Waals surface area contributed by atoms with Crippen LogP contribution in [0.15, 0.2) is 48.5 Å². The smallest absolute Gasteiger partial charge is 0.419 e. The van der Waals surface area contributed by atoms with Crippen LogP contribution in [0.3, 0.4) is 0 Å². The summed E-state index contributed by atoms with van der Waals surface area (Å²) in [4.78, 5) is 24.5. The normalized spacial score (nSPS) is 11.2. The number of hydroxylamine groups is 1. The fourth-order valence-electron chi connectivity index (χ4n) is 2.95. The zero-order valence-corrected chi connectivity index (χ0v) is 17.8. The molecule has 0 atom stereocenters. The quantitative estimate of drug-likeness (QED) is 0.224. The number of rotatable bonds is 5. The van der Waals surface area contributed by atoms with Gasteiger partial charge in [0, 0.05) is 5.69 Å². The maximum absolute atomic E-state index is 14.9. The molecule has 0 fully saturated rings. The zero-order valence-electron chi connectivity index (χ0n) is 17.1. The molecule has 0 bridgehead atoms. The third-order valence-electron chi connectivity index (χ3n) is 4.56. The lowest BCUT2D eigenvalue weighted by molar-refractivity contribution is -0.140. The number of ether oxygens (including phenoxy) is 1. The lowest BCUT2D eigenvalue weighted by atomic mass is 10.1. The first-order valence-corrected chi connectivity index (χ1v) is 9.69. The number of anilines is 1. The summed E-state index contributed by atoms with van der Waals surface area (Å²) in [6.07, 6.45) is -5.11. The van der Waals surface area contributed by atoms with Crippen LogP contribution in [0, 0.1) is 18.6 Å². The van der Waals surface area contributed by atoms with Crippen LogP contribution in [0.4, 0.5) is 27.6 Å². The van der Waals surface area contributed by atoms with Crippen LogP contribution >= 0.6 is 11.6 Å². The van der Waals surface area contributed by atoms with Gasteiger partial charge in [0.2, 0.25) is 0 Å². The standard InChI is InChI=1S/C22H14ClF5N2O4/c1-10-8-11(24)2-6-16(10)34-17-7-4-14(22(26,27)28)19(25)18(17)21(32)29-12-3-5-15(23)13(9-12)20(31)30-33/h2-9,33H,1H3,(H,29,32)(H,30,31). The minimum Gasteiger partial charge on any atom is -0.456 e. The van der Waals surface area contributed by atoms with Crippen LogP contribution in [0.2, 0.25) is 5.02 Å². The summed E-state index contributed by atoms with van der Waals surface area (Å²) in [6.45, 7) is 1.44. The molecule has 6 nitrogen and oxygen atoms in total. The van der Waals surface area contributed by atoms with Crippen molar-refractivity contribution in [3.05, 3.63) is 87.4 Å². The number of carbonyl (C=O) groups is 2. The Balaban J connectivity index is 2.07. The molecule has 0 aromatic heterocycles. The monoisotopic (exact) mass is 500 g/mol. The van der Waals surface area contributed by atoms with Crippen LogP contribution in [-0.2, 0) is 6.18 Å². The van der Waals surface area contributed by atoms with Gasteiger partial charge >= 0.3 is 6.18 Å². The zero-order chi connectivity index (χ0) is 25.2. The van der Waals surface area contributed by atoms with E-state index < -0.39 is 46.5 Å². The summed E-state index contributed by atoms with van der Waals surface area (Å²) in [6, 6.07) is 7.82. The van der Waals surface area contributed by atoms with E-state index in [-0.39, 0.29) is 27.6 Å². The maximum Gasteiger partial charge on any atom is 0.419 e. The van der Waals surface area contributed by atoms with E-state index in [2.05, 4.69) is 5.32 Å². The van der Waals surface area contributed by atoms with E-state index in [0.717, 1.165) is 24.3 Å². The van der Waals surface area contributed by atoms with Gasteiger partial charge in [0.15, 0.2) is 5.82 Å². The van der Waals surface area contributed by atoms with Crippen molar-refractivity contribution in [3.8, 4) is 11.5 Å². The molecule has 2 amide bonds. The molecule has 3 N–H and O–H groups in total. The number of nitrogens with one attached hydrogen (secondary N) is 2. The predicted molar refractivity (Wildman–Crippen MR) is 111 cm³/mol. The molecule has 0 saturated heterocycles. The Labute approximate surface area is 193 Å². The Bertz CT molecular complexity index is 1280. The molecule has 0 aliphatic heterocycles. The van der Waals surface area contributed by atoms with E-state index in [1.54, 1.807) is 0 Å². The molecular formula is C22H14ClF5N2O4. The van der Waals surface area contributed by atoms with E-state index in [1.165, 1.54) is 30.6 Å². The van der Waals surface area contributed by atoms with Crippen molar-refractivity contribution in [1.82, 2.24) is 5.48 Å². The Morgan fingerprint density at radius 1 is 0.971 bits per heavy atom. The first-order valence-electron chi connectivity index (χ1n) is 9.31. The van der Waals surface area contributed by atoms with E-state index in [1.807, 2.05) is 0 Å². The Morgan fingerprint density at radius 2 is 1.65 bits per heavy atom. The molecule has 12 heteroatoms. The number of benzene rings is 3. The number of aryl methyl sites for hydroxylation is 1. The molecule has 0 aliphatic carbocycles. The van der Waals surface area contributed by atoms with E-state index in [9.17, 15) is 31.5 Å². The summed E-state index contributed by atoms with van der Waals surface area (Å²) in [7, 11) is 0. The van der Waals surface area contributed by atoms with Crippen LogP contribution < -0.4 is 15.5 Å². The predicted octanol–water partition coefficient (Wildman–Crippen LogP) is 6.11. The van der Waals surface area contributed by atoms with Crippen molar-refractivity contribution in [2.45, 2.75) is 13.1 Å². The second-order valence-electron chi connectivity index (χ2n) is 6.90. The molecule has 3 aromatic carbocycles. The average Bonchev–Trinajstić information content (AvgIpc) is 2.75. The highest BCUT2D eigenvalue weighted by atomic mass is 35.5. The van der Waals surface area contributed by atoms with Gasteiger partial charge in [-0.2, -0.15) is 13.2 Å². The molecular weight excluding hydrogens is 487 g/mol. The van der Waals surface area contributed by atoms with Crippen LogP contribution in [-0.4, -0.2) is 17.0 Å². The molecule has 178 valence electrons. The van der Waals surface area contributed by atoms with E-state index in [0.29, 0.717) is 6.07 Å². The summed E-state index contributed by atoms with van der Waals surface area (Å²) in [5.74, 6) is -5.46. The summed E-state index contributed by atoms with van der Waals surface area (Å²) < 4.78 is 73.6. The minimum absolute atomic E-state index is 0.0250. The van der Waals surface area contributed by atoms with Gasteiger partial charge < -0.3 is 10.1 Å². The third-order valence-corrected chi connectivity index (χ3v) is 4.89. The Morgan fingerprint density at radius 3 is 2.26 bits per heavy atom. The van der Waals surface area contributed by atoms with Gasteiger partial charge in [-0.1, -0.05) is 11.6 Å². The number of hydrogen-bond acceptors (Lipinski definition) is 4. The number of alkyl halides is 3.